The summed E-state index contributed by atoms with van der Waals surface area (Å²) in [6.07, 6.45) is 1.99. The monoisotopic (exact) mass is 405 g/mol. The predicted octanol–water partition coefficient (Wildman–Crippen LogP) is 3.42. The smallest absolute Gasteiger partial charge is 0.255 e. The number of nitrogens with zero attached hydrogens (tertiary/aromatic N) is 2. The topological polar surface area (TPSA) is 65.6 Å². The molecule has 1 amide bonds. The summed E-state index contributed by atoms with van der Waals surface area (Å²) in [4.78, 5) is 32.4. The van der Waals surface area contributed by atoms with Crippen LogP contribution >= 0.6 is 0 Å². The van der Waals surface area contributed by atoms with Gasteiger partial charge in [0, 0.05) is 56.4 Å². The number of aromatic amines is 1. The Morgan fingerprint density at radius 3 is 2.60 bits per heavy atom. The molecule has 0 bridgehead atoms. The minimum atomic E-state index is -0.274. The predicted molar refractivity (Wildman–Crippen MR) is 119 cm³/mol. The number of nitrogens with one attached hydrogen (secondary N) is 1. The van der Waals surface area contributed by atoms with E-state index in [1.807, 2.05) is 72.4 Å². The lowest BCUT2D eigenvalue weighted by atomic mass is 10.1. The number of fused-ring (bicyclic) bond motifs is 1. The fourth-order valence-electron chi connectivity index (χ4n) is 3.93. The molecule has 1 saturated heterocycles. The Kier molecular flexibility index (Phi) is 5.86. The van der Waals surface area contributed by atoms with Crippen LogP contribution in [-0.4, -0.2) is 49.1 Å². The second-order valence-corrected chi connectivity index (χ2v) is 7.97. The van der Waals surface area contributed by atoms with E-state index in [1.165, 1.54) is 6.07 Å². The Labute approximate surface area is 176 Å². The summed E-state index contributed by atoms with van der Waals surface area (Å²) >= 11 is 0. The van der Waals surface area contributed by atoms with Gasteiger partial charge < -0.3 is 19.5 Å². The number of hydrogen-bond donors (Lipinski definition) is 1. The molecule has 0 radical (unpaired) electrons. The lowest BCUT2D eigenvalue weighted by Gasteiger charge is -2.26. The molecule has 6 nitrogen and oxygen atoms in total. The fourth-order valence-corrected chi connectivity index (χ4v) is 3.93. The summed E-state index contributed by atoms with van der Waals surface area (Å²) in [5.41, 5.74) is 2.97. The van der Waals surface area contributed by atoms with E-state index >= 15 is 0 Å². The van der Waals surface area contributed by atoms with Crippen molar-refractivity contribution in [3.05, 3.63) is 76.1 Å². The second kappa shape index (κ2) is 8.71. The molecule has 0 unspecified atom stereocenters. The number of ether oxygens (including phenoxy) is 1. The highest BCUT2D eigenvalue weighted by atomic mass is 16.5. The first-order valence-electron chi connectivity index (χ1n) is 10.3. The van der Waals surface area contributed by atoms with Gasteiger partial charge in [0.05, 0.1) is 11.7 Å². The highest BCUT2D eigenvalue weighted by Gasteiger charge is 2.25. The van der Waals surface area contributed by atoms with Crippen molar-refractivity contribution < 1.29 is 9.53 Å². The third-order valence-corrected chi connectivity index (χ3v) is 5.54. The zero-order valence-corrected chi connectivity index (χ0v) is 17.4. The minimum absolute atomic E-state index is 0.0308. The van der Waals surface area contributed by atoms with Gasteiger partial charge in [-0.25, -0.2) is 0 Å². The summed E-state index contributed by atoms with van der Waals surface area (Å²) in [5, 5.41) is 0.752. The minimum Gasteiger partial charge on any atom is -0.378 e. The van der Waals surface area contributed by atoms with Crippen molar-refractivity contribution in [3.8, 4) is 0 Å². The highest BCUT2D eigenvalue weighted by Crippen LogP contribution is 2.21. The summed E-state index contributed by atoms with van der Waals surface area (Å²) in [7, 11) is 4.00. The van der Waals surface area contributed by atoms with Gasteiger partial charge in [0.1, 0.15) is 0 Å². The van der Waals surface area contributed by atoms with E-state index in [9.17, 15) is 9.59 Å². The normalized spacial score (nSPS) is 16.0. The number of aromatic nitrogens is 1. The number of pyridine rings is 1. The van der Waals surface area contributed by atoms with Gasteiger partial charge in [-0.3, -0.25) is 9.59 Å². The molecule has 6 heteroatoms. The lowest BCUT2D eigenvalue weighted by molar-refractivity contribution is 0.0508. The van der Waals surface area contributed by atoms with Crippen LogP contribution in [0.4, 0.5) is 5.69 Å². The molecule has 4 rings (SSSR count). The SMILES string of the molecule is CN(C)c1ccc(CN(C[C@@H]2CCCO2)C(=O)c2cc(=O)[nH]c3ccccc23)cc1. The van der Waals surface area contributed by atoms with E-state index < -0.39 is 0 Å². The van der Waals surface area contributed by atoms with E-state index in [2.05, 4.69) is 4.98 Å². The van der Waals surface area contributed by atoms with Crippen molar-refractivity contribution in [2.75, 3.05) is 32.1 Å². The molecule has 3 aromatic rings. The van der Waals surface area contributed by atoms with Crippen LogP contribution in [0.3, 0.4) is 0 Å². The van der Waals surface area contributed by atoms with Gasteiger partial charge in [0.2, 0.25) is 5.56 Å². The van der Waals surface area contributed by atoms with E-state index in [0.29, 0.717) is 24.2 Å². The van der Waals surface area contributed by atoms with E-state index in [0.717, 1.165) is 36.1 Å². The number of para-hydroxylation sites is 1. The first-order chi connectivity index (χ1) is 14.5. The van der Waals surface area contributed by atoms with Crippen LogP contribution in [0.1, 0.15) is 28.8 Å². The van der Waals surface area contributed by atoms with Gasteiger partial charge in [0.15, 0.2) is 0 Å². The highest BCUT2D eigenvalue weighted by molar-refractivity contribution is 6.05. The Hall–Kier alpha value is -3.12. The number of H-pyrrole nitrogens is 1. The van der Waals surface area contributed by atoms with Crippen molar-refractivity contribution in [1.29, 1.82) is 0 Å². The second-order valence-electron chi connectivity index (χ2n) is 7.97. The average Bonchev–Trinajstić information content (AvgIpc) is 3.25. The standard InChI is InChI=1S/C24H27N3O3/c1-26(2)18-11-9-17(10-12-18)15-27(16-19-6-5-13-30-19)24(29)21-14-23(28)25-22-8-4-3-7-20(21)22/h3-4,7-12,14,19H,5-6,13,15-16H2,1-2H3,(H,25,28)/t19-/m0/s1. The summed E-state index contributed by atoms with van der Waals surface area (Å²) in [5.74, 6) is -0.149. The number of amides is 1. The van der Waals surface area contributed by atoms with Gasteiger partial charge in [-0.1, -0.05) is 30.3 Å². The molecule has 1 atom stereocenters. The number of carbonyl (C=O) groups is 1. The van der Waals surface area contributed by atoms with Crippen LogP contribution in [0.2, 0.25) is 0 Å². The molecule has 0 spiro atoms. The van der Waals surface area contributed by atoms with Gasteiger partial charge in [-0.2, -0.15) is 0 Å². The summed E-state index contributed by atoms with van der Waals surface area (Å²) < 4.78 is 5.80. The van der Waals surface area contributed by atoms with Crippen LogP contribution < -0.4 is 10.5 Å². The quantitative estimate of drug-likeness (QED) is 0.683. The van der Waals surface area contributed by atoms with Crippen LogP contribution in [0.15, 0.2) is 59.4 Å². The molecule has 1 aromatic heterocycles. The van der Waals surface area contributed by atoms with Gasteiger partial charge >= 0.3 is 0 Å². The molecule has 1 fully saturated rings. The number of benzene rings is 2. The maximum Gasteiger partial charge on any atom is 0.255 e. The fraction of sp³-hybridized carbons (Fsp3) is 0.333. The maximum atomic E-state index is 13.6. The lowest BCUT2D eigenvalue weighted by Crippen LogP contribution is -2.37. The first-order valence-corrected chi connectivity index (χ1v) is 10.3. The Morgan fingerprint density at radius 1 is 1.13 bits per heavy atom. The molecule has 156 valence electrons. The summed E-state index contributed by atoms with van der Waals surface area (Å²) in [6.45, 7) is 1.71. The number of rotatable bonds is 6. The van der Waals surface area contributed by atoms with Gasteiger partial charge in [-0.15, -0.1) is 0 Å². The van der Waals surface area contributed by atoms with Crippen molar-refractivity contribution in [3.63, 3.8) is 0 Å². The van der Waals surface area contributed by atoms with Crippen LogP contribution in [0, 0.1) is 0 Å². The van der Waals surface area contributed by atoms with Crippen LogP contribution in [0.5, 0.6) is 0 Å². The largest absolute Gasteiger partial charge is 0.378 e. The van der Waals surface area contributed by atoms with Gasteiger partial charge in [0.25, 0.3) is 5.91 Å². The van der Waals surface area contributed by atoms with E-state index in [1.54, 1.807) is 0 Å². The molecule has 0 aliphatic carbocycles. The van der Waals surface area contributed by atoms with Crippen LogP contribution in [-0.2, 0) is 11.3 Å². The van der Waals surface area contributed by atoms with Crippen LogP contribution in [0.25, 0.3) is 10.9 Å². The Balaban J connectivity index is 1.67. The number of anilines is 1. The molecular weight excluding hydrogens is 378 g/mol. The molecule has 1 aliphatic rings. The van der Waals surface area contributed by atoms with E-state index in [-0.39, 0.29) is 17.6 Å². The molecular formula is C24H27N3O3. The van der Waals surface area contributed by atoms with Gasteiger partial charge in [-0.05, 0) is 36.6 Å². The van der Waals surface area contributed by atoms with Crippen molar-refractivity contribution in [2.24, 2.45) is 0 Å². The third kappa shape index (κ3) is 4.39. The average molecular weight is 405 g/mol. The Morgan fingerprint density at radius 2 is 1.90 bits per heavy atom. The zero-order valence-electron chi connectivity index (χ0n) is 17.4. The molecule has 1 aliphatic heterocycles. The molecule has 2 heterocycles. The van der Waals surface area contributed by atoms with Crippen molar-refractivity contribution in [2.45, 2.75) is 25.5 Å². The molecule has 0 saturated carbocycles. The number of carbonyl (C=O) groups excluding carboxylic acids is 1. The summed E-state index contributed by atoms with van der Waals surface area (Å²) in [6, 6.07) is 17.0. The maximum absolute atomic E-state index is 13.6. The molecule has 1 N–H and O–H groups in total. The molecule has 30 heavy (non-hydrogen) atoms. The first kappa shape index (κ1) is 20.2. The van der Waals surface area contributed by atoms with E-state index in [4.69, 9.17) is 4.74 Å². The van der Waals surface area contributed by atoms with Crippen molar-refractivity contribution >= 4 is 22.5 Å². The van der Waals surface area contributed by atoms with Crippen molar-refractivity contribution in [1.82, 2.24) is 9.88 Å². The number of hydrogen-bond acceptors (Lipinski definition) is 4. The Bertz CT molecular complexity index is 1080. The molecule has 2 aromatic carbocycles. The zero-order chi connectivity index (χ0) is 21.1. The third-order valence-electron chi connectivity index (χ3n) is 5.54.